The second kappa shape index (κ2) is 8.13. The van der Waals surface area contributed by atoms with Crippen molar-refractivity contribution in [3.8, 4) is 5.75 Å². The lowest BCUT2D eigenvalue weighted by atomic mass is 9.83. The molecule has 1 aliphatic heterocycles. The van der Waals surface area contributed by atoms with E-state index in [0.717, 1.165) is 5.56 Å². The molecule has 3 N–H and O–H groups in total. The van der Waals surface area contributed by atoms with E-state index in [-0.39, 0.29) is 34.6 Å². The number of nitrogens with one attached hydrogen (secondary N) is 2. The highest BCUT2D eigenvalue weighted by molar-refractivity contribution is 7.89. The van der Waals surface area contributed by atoms with E-state index < -0.39 is 17.4 Å². The van der Waals surface area contributed by atoms with Crippen LogP contribution in [0.5, 0.6) is 5.75 Å². The molecule has 8 nitrogen and oxygen atoms in total. The first-order valence-corrected chi connectivity index (χ1v) is 13.7. The summed E-state index contributed by atoms with van der Waals surface area (Å²) in [4.78, 5) is 4.69. The van der Waals surface area contributed by atoms with Gasteiger partial charge in [-0.05, 0) is 36.4 Å². The third-order valence-electron chi connectivity index (χ3n) is 4.70. The van der Waals surface area contributed by atoms with E-state index in [9.17, 15) is 18.1 Å². The smallest absolute Gasteiger partial charge is 0.345 e. The molecule has 0 unspecified atom stereocenters. The quantitative estimate of drug-likeness (QED) is 0.475. The molecule has 0 aliphatic carbocycles. The number of hydrogen-bond donors (Lipinski definition) is 3. The van der Waals surface area contributed by atoms with Crippen molar-refractivity contribution in [2.24, 2.45) is 14.8 Å². The van der Waals surface area contributed by atoms with Crippen LogP contribution in [0.1, 0.15) is 32.4 Å². The third-order valence-corrected chi connectivity index (χ3v) is 7.10. The number of amidine groups is 2. The molecule has 0 amide bonds. The molecule has 2 aromatic rings. The lowest BCUT2D eigenvalue weighted by Gasteiger charge is -2.28. The normalized spacial score (nSPS) is 18.4. The summed E-state index contributed by atoms with van der Waals surface area (Å²) in [6.07, 6.45) is 0. The van der Waals surface area contributed by atoms with E-state index >= 15 is 0 Å². The number of anilines is 1. The number of benzene rings is 2. The molecule has 1 aliphatic rings. The Morgan fingerprint density at radius 1 is 1.10 bits per heavy atom. The van der Waals surface area contributed by atoms with Gasteiger partial charge in [0.15, 0.2) is 11.7 Å². The van der Waals surface area contributed by atoms with E-state index in [1.54, 1.807) is 31.5 Å². The van der Waals surface area contributed by atoms with Crippen LogP contribution in [-0.2, 0) is 14.8 Å². The van der Waals surface area contributed by atoms with Crippen LogP contribution in [0.4, 0.5) is 5.69 Å². The van der Waals surface area contributed by atoms with Crippen molar-refractivity contribution in [2.45, 2.75) is 26.8 Å². The van der Waals surface area contributed by atoms with Crippen molar-refractivity contribution in [3.63, 3.8) is 0 Å². The second-order valence-electron chi connectivity index (χ2n) is 8.82. The summed E-state index contributed by atoms with van der Waals surface area (Å²) in [6.45, 7) is 9.13. The van der Waals surface area contributed by atoms with Crippen LogP contribution < -0.4 is 15.3 Å². The van der Waals surface area contributed by atoms with Crippen molar-refractivity contribution in [3.05, 3.63) is 54.1 Å². The Hall–Kier alpha value is -2.64. The van der Waals surface area contributed by atoms with Crippen molar-refractivity contribution in [1.29, 1.82) is 0 Å². The minimum absolute atomic E-state index is 0.0420. The Morgan fingerprint density at radius 2 is 1.74 bits per heavy atom. The number of hydrogen-bond acceptors (Lipinski definition) is 6. The minimum Gasteiger partial charge on any atom is -0.505 e. The standard InChI is InChI=1S/C21H27N4O4PS/c1-21(2,3)18(14-10-7-6-8-11-14)23-20-19(24-31(28,29)25-20)22-15-12-9-13-16(17(15)26)30(4,5)27/h6-13,18,26H,1-5H3,(H,22,24)(H,23,25)/t18-/m0/s1. The second-order valence-corrected chi connectivity index (χ2v) is 13.3. The largest absolute Gasteiger partial charge is 0.505 e. The van der Waals surface area contributed by atoms with Crippen LogP contribution in [-0.4, -0.2) is 38.5 Å². The highest BCUT2D eigenvalue weighted by atomic mass is 32.2. The maximum atomic E-state index is 12.5. The van der Waals surface area contributed by atoms with Crippen molar-refractivity contribution in [2.75, 3.05) is 18.6 Å². The maximum absolute atomic E-state index is 12.5. The van der Waals surface area contributed by atoms with Gasteiger partial charge in [-0.3, -0.25) is 4.99 Å². The average Bonchev–Trinajstić information content (AvgIpc) is 2.93. The molecule has 2 aromatic carbocycles. The highest BCUT2D eigenvalue weighted by Crippen LogP contribution is 2.41. The van der Waals surface area contributed by atoms with Crippen molar-refractivity contribution in [1.82, 2.24) is 4.72 Å². The molecule has 31 heavy (non-hydrogen) atoms. The Kier molecular flexibility index (Phi) is 6.04. The minimum atomic E-state index is -3.98. The summed E-state index contributed by atoms with van der Waals surface area (Å²) in [5.41, 5.74) is 0.807. The van der Waals surface area contributed by atoms with E-state index in [4.69, 9.17) is 0 Å². The summed E-state index contributed by atoms with van der Waals surface area (Å²) in [7, 11) is -6.73. The Bertz CT molecular complexity index is 1200. The topological polar surface area (TPSA) is 120 Å². The Morgan fingerprint density at radius 3 is 2.32 bits per heavy atom. The molecular weight excluding hydrogens is 435 g/mol. The summed E-state index contributed by atoms with van der Waals surface area (Å²) in [5, 5.41) is 13.7. The Labute approximate surface area is 183 Å². The fourth-order valence-electron chi connectivity index (χ4n) is 3.25. The van der Waals surface area contributed by atoms with Gasteiger partial charge in [0.1, 0.15) is 12.9 Å². The maximum Gasteiger partial charge on any atom is 0.345 e. The average molecular weight is 463 g/mol. The van der Waals surface area contributed by atoms with Crippen LogP contribution in [0.3, 0.4) is 0 Å². The number of phenols is 1. The summed E-state index contributed by atoms with van der Waals surface area (Å²) in [6, 6.07) is 14.0. The van der Waals surface area contributed by atoms with Crippen molar-refractivity contribution < 1.29 is 18.1 Å². The number of aromatic hydroxyl groups is 1. The predicted molar refractivity (Wildman–Crippen MR) is 126 cm³/mol. The molecule has 166 valence electrons. The highest BCUT2D eigenvalue weighted by Gasteiger charge is 2.32. The van der Waals surface area contributed by atoms with Crippen LogP contribution in [0.25, 0.3) is 0 Å². The first-order valence-electron chi connectivity index (χ1n) is 9.68. The van der Waals surface area contributed by atoms with Crippen LogP contribution in [0.2, 0.25) is 0 Å². The molecule has 0 fully saturated rings. The summed E-state index contributed by atoms with van der Waals surface area (Å²) < 4.78 is 42.9. The van der Waals surface area contributed by atoms with Gasteiger partial charge in [0.2, 0.25) is 0 Å². The number of phenolic OH excluding ortho intramolecular Hbond substituents is 1. The SMILES string of the molecule is CC(C)(C)[C@@H](N=C1NS(=O)(=O)N=C1Nc1cccc(P(C)(C)=O)c1O)c1ccccc1. The molecule has 0 bridgehead atoms. The van der Waals surface area contributed by atoms with Gasteiger partial charge < -0.3 is 15.0 Å². The molecule has 0 spiro atoms. The zero-order chi connectivity index (χ0) is 23.0. The Balaban J connectivity index is 2.05. The van der Waals surface area contributed by atoms with E-state index in [2.05, 4.69) is 19.4 Å². The van der Waals surface area contributed by atoms with Gasteiger partial charge in [-0.15, -0.1) is 4.40 Å². The van der Waals surface area contributed by atoms with E-state index in [0.29, 0.717) is 5.30 Å². The summed E-state index contributed by atoms with van der Waals surface area (Å²) >= 11 is 0. The molecule has 0 saturated carbocycles. The number of para-hydroxylation sites is 1. The van der Waals surface area contributed by atoms with Crippen molar-refractivity contribution >= 4 is 40.0 Å². The molecular formula is C21H27N4O4PS. The molecule has 1 atom stereocenters. The molecule has 10 heteroatoms. The number of nitrogens with zero attached hydrogens (tertiary/aromatic N) is 2. The monoisotopic (exact) mass is 462 g/mol. The lowest BCUT2D eigenvalue weighted by Crippen LogP contribution is -2.32. The predicted octanol–water partition coefficient (Wildman–Crippen LogP) is 3.48. The zero-order valence-electron chi connectivity index (χ0n) is 18.1. The van der Waals surface area contributed by atoms with E-state index in [1.807, 2.05) is 51.1 Å². The van der Waals surface area contributed by atoms with Gasteiger partial charge in [-0.2, -0.15) is 8.42 Å². The summed E-state index contributed by atoms with van der Waals surface area (Å²) in [5.74, 6) is -0.206. The van der Waals surface area contributed by atoms with Crippen LogP contribution >= 0.6 is 7.14 Å². The number of rotatable bonds is 4. The van der Waals surface area contributed by atoms with Gasteiger partial charge >= 0.3 is 10.2 Å². The fourth-order valence-corrected chi connectivity index (χ4v) is 5.14. The fraction of sp³-hybridized carbons (Fsp3) is 0.333. The zero-order valence-corrected chi connectivity index (χ0v) is 19.8. The first-order chi connectivity index (χ1) is 14.3. The number of aliphatic imine (C=N–C) groups is 1. The molecule has 0 radical (unpaired) electrons. The van der Waals surface area contributed by atoms with Crippen LogP contribution in [0.15, 0.2) is 57.9 Å². The lowest BCUT2D eigenvalue weighted by molar-refractivity contribution is 0.329. The molecule has 0 aromatic heterocycles. The van der Waals surface area contributed by atoms with Gasteiger partial charge in [0.25, 0.3) is 0 Å². The van der Waals surface area contributed by atoms with Gasteiger partial charge in [0, 0.05) is 0 Å². The van der Waals surface area contributed by atoms with Gasteiger partial charge in [-0.25, -0.2) is 4.72 Å². The molecule has 3 rings (SSSR count). The van der Waals surface area contributed by atoms with Gasteiger partial charge in [-0.1, -0.05) is 57.2 Å². The van der Waals surface area contributed by atoms with E-state index in [1.165, 1.54) is 0 Å². The third kappa shape index (κ3) is 5.35. The molecule has 0 saturated heterocycles. The van der Waals surface area contributed by atoms with Crippen LogP contribution in [0, 0.1) is 5.41 Å². The molecule has 1 heterocycles. The first kappa shape index (κ1) is 23.0. The van der Waals surface area contributed by atoms with Gasteiger partial charge in [0.05, 0.1) is 17.0 Å².